The number of benzene rings is 1. The fourth-order valence-electron chi connectivity index (χ4n) is 2.25. The Balaban J connectivity index is 2.57. The van der Waals surface area contributed by atoms with Crippen LogP contribution >= 0.6 is 11.8 Å². The number of fused-ring (bicyclic) bond motifs is 1. The smallest absolute Gasteiger partial charge is 0.128 e. The molecule has 0 spiro atoms. The van der Waals surface area contributed by atoms with Crippen LogP contribution in [0.1, 0.15) is 24.1 Å². The molecule has 2 rings (SSSR count). The molecule has 1 N–H and O–H groups in total. The van der Waals surface area contributed by atoms with Gasteiger partial charge in [0, 0.05) is 22.9 Å². The van der Waals surface area contributed by atoms with Crippen molar-refractivity contribution in [3.05, 3.63) is 34.9 Å². The molecule has 1 nitrogen and oxygen atoms in total. The van der Waals surface area contributed by atoms with E-state index in [1.165, 1.54) is 12.1 Å². The van der Waals surface area contributed by atoms with Crippen molar-refractivity contribution < 1.29 is 8.78 Å². The largest absolute Gasteiger partial charge is 0.313 e. The number of rotatable bonds is 1. The molecule has 2 unspecified atom stereocenters. The lowest BCUT2D eigenvalue weighted by molar-refractivity contribution is 0.427. The Morgan fingerprint density at radius 1 is 1.31 bits per heavy atom. The predicted octanol–water partition coefficient (Wildman–Crippen LogP) is 3.11. The number of hydrogen-bond acceptors (Lipinski definition) is 2. The van der Waals surface area contributed by atoms with E-state index < -0.39 is 0 Å². The number of nitrogens with one attached hydrogen (secondary N) is 1. The van der Waals surface area contributed by atoms with E-state index >= 15 is 0 Å². The quantitative estimate of drug-likeness (QED) is 0.813. The predicted molar refractivity (Wildman–Crippen MR) is 63.5 cm³/mol. The summed E-state index contributed by atoms with van der Waals surface area (Å²) in [5, 5.41) is 3.10. The Morgan fingerprint density at radius 3 is 2.69 bits per heavy atom. The lowest BCUT2D eigenvalue weighted by atomic mass is 9.92. The van der Waals surface area contributed by atoms with E-state index in [2.05, 4.69) is 12.2 Å². The van der Waals surface area contributed by atoms with Gasteiger partial charge in [0.25, 0.3) is 0 Å². The third kappa shape index (κ3) is 1.96. The van der Waals surface area contributed by atoms with Crippen molar-refractivity contribution in [2.75, 3.05) is 12.8 Å². The Bertz CT molecular complexity index is 395. The third-order valence-electron chi connectivity index (χ3n) is 3.06. The van der Waals surface area contributed by atoms with Crippen molar-refractivity contribution >= 4 is 11.8 Å². The normalized spacial score (nSPS) is 25.0. The van der Waals surface area contributed by atoms with Crippen molar-refractivity contribution in [3.8, 4) is 0 Å². The second-order valence-corrected chi connectivity index (χ2v) is 5.21. The molecule has 1 aliphatic rings. The van der Waals surface area contributed by atoms with Crippen LogP contribution in [0.5, 0.6) is 0 Å². The lowest BCUT2D eigenvalue weighted by Gasteiger charge is -2.23. The molecule has 0 radical (unpaired) electrons. The number of hydrogen-bond donors (Lipinski definition) is 1. The second kappa shape index (κ2) is 4.72. The highest BCUT2D eigenvalue weighted by Crippen LogP contribution is 2.36. The van der Waals surface area contributed by atoms with E-state index in [4.69, 9.17) is 0 Å². The molecular formula is C12H15F2NS. The molecule has 0 amide bonds. The van der Waals surface area contributed by atoms with Crippen LogP contribution in [0, 0.1) is 17.6 Å². The minimum Gasteiger partial charge on any atom is -0.313 e. The van der Waals surface area contributed by atoms with Crippen molar-refractivity contribution in [3.63, 3.8) is 0 Å². The topological polar surface area (TPSA) is 12.0 Å². The van der Waals surface area contributed by atoms with Gasteiger partial charge in [-0.2, -0.15) is 11.8 Å². The van der Waals surface area contributed by atoms with Gasteiger partial charge in [-0.3, -0.25) is 0 Å². The van der Waals surface area contributed by atoms with Crippen LogP contribution in [0.25, 0.3) is 0 Å². The molecule has 0 bridgehead atoms. The molecule has 16 heavy (non-hydrogen) atoms. The van der Waals surface area contributed by atoms with Crippen molar-refractivity contribution in [1.82, 2.24) is 5.32 Å². The van der Waals surface area contributed by atoms with E-state index in [0.29, 0.717) is 22.8 Å². The zero-order valence-corrected chi connectivity index (χ0v) is 10.2. The molecule has 0 fully saturated rings. The maximum atomic E-state index is 13.8. The molecule has 2 atom stereocenters. The fourth-order valence-corrected chi connectivity index (χ4v) is 3.43. The summed E-state index contributed by atoms with van der Waals surface area (Å²) in [4.78, 5) is 0. The maximum absolute atomic E-state index is 13.8. The van der Waals surface area contributed by atoms with Crippen LogP contribution in [0.2, 0.25) is 0 Å². The molecule has 0 saturated carbocycles. The molecule has 88 valence electrons. The summed E-state index contributed by atoms with van der Waals surface area (Å²) in [5.41, 5.74) is 1.04. The monoisotopic (exact) mass is 243 g/mol. The van der Waals surface area contributed by atoms with Crippen LogP contribution in [-0.4, -0.2) is 12.8 Å². The van der Waals surface area contributed by atoms with E-state index in [0.717, 1.165) is 5.75 Å². The summed E-state index contributed by atoms with van der Waals surface area (Å²) >= 11 is 1.66. The van der Waals surface area contributed by atoms with Crippen LogP contribution in [0.15, 0.2) is 12.1 Å². The highest BCUT2D eigenvalue weighted by molar-refractivity contribution is 7.98. The summed E-state index contributed by atoms with van der Waals surface area (Å²) in [6.45, 7) is 2.06. The first-order valence-electron chi connectivity index (χ1n) is 5.37. The molecule has 1 heterocycles. The van der Waals surface area contributed by atoms with E-state index in [9.17, 15) is 8.78 Å². The summed E-state index contributed by atoms with van der Waals surface area (Å²) < 4.78 is 27.5. The Kier molecular flexibility index (Phi) is 3.50. The van der Waals surface area contributed by atoms with Gasteiger partial charge in [0.15, 0.2) is 0 Å². The van der Waals surface area contributed by atoms with E-state index in [-0.39, 0.29) is 17.7 Å². The van der Waals surface area contributed by atoms with Crippen molar-refractivity contribution in [2.24, 2.45) is 5.92 Å². The molecule has 1 aromatic carbocycles. The van der Waals surface area contributed by atoms with Crippen LogP contribution in [-0.2, 0) is 5.75 Å². The number of halogens is 2. The summed E-state index contributed by atoms with van der Waals surface area (Å²) in [5.74, 6) is 1.18. The van der Waals surface area contributed by atoms with Gasteiger partial charge in [0.05, 0.1) is 0 Å². The molecule has 1 aliphatic heterocycles. The van der Waals surface area contributed by atoms with Gasteiger partial charge in [0.2, 0.25) is 0 Å². The number of thioether (sulfide) groups is 1. The first kappa shape index (κ1) is 11.9. The third-order valence-corrected chi connectivity index (χ3v) is 4.32. The SMILES string of the molecule is CNC1c2c(F)ccc(F)c2CSCC1C. The fraction of sp³-hybridized carbons (Fsp3) is 0.500. The zero-order valence-electron chi connectivity index (χ0n) is 9.39. The summed E-state index contributed by atoms with van der Waals surface area (Å²) in [6.07, 6.45) is 0. The standard InChI is InChI=1S/C12H15F2NS/c1-7-5-16-6-8-9(13)3-4-10(14)11(8)12(7)15-2/h3-4,7,12,15H,5-6H2,1-2H3. The molecule has 1 aromatic rings. The minimum atomic E-state index is -0.301. The summed E-state index contributed by atoms with van der Waals surface area (Å²) in [6, 6.07) is 2.35. The van der Waals surface area contributed by atoms with Gasteiger partial charge in [0.1, 0.15) is 11.6 Å². The molecular weight excluding hydrogens is 228 g/mol. The van der Waals surface area contributed by atoms with Crippen LogP contribution in [0.3, 0.4) is 0 Å². The van der Waals surface area contributed by atoms with Gasteiger partial charge >= 0.3 is 0 Å². The Hall–Kier alpha value is -0.610. The van der Waals surface area contributed by atoms with Crippen LogP contribution in [0.4, 0.5) is 8.78 Å². The maximum Gasteiger partial charge on any atom is 0.128 e. The minimum absolute atomic E-state index is 0.0966. The van der Waals surface area contributed by atoms with Gasteiger partial charge < -0.3 is 5.32 Å². The van der Waals surface area contributed by atoms with Crippen molar-refractivity contribution in [1.29, 1.82) is 0 Å². The van der Waals surface area contributed by atoms with Gasteiger partial charge in [-0.25, -0.2) is 8.78 Å². The molecule has 4 heteroatoms. The van der Waals surface area contributed by atoms with E-state index in [1.54, 1.807) is 18.8 Å². The average molecular weight is 243 g/mol. The average Bonchev–Trinajstić information content (AvgIpc) is 2.43. The second-order valence-electron chi connectivity index (χ2n) is 4.18. The first-order valence-corrected chi connectivity index (χ1v) is 6.52. The highest BCUT2D eigenvalue weighted by Gasteiger charge is 2.28. The highest BCUT2D eigenvalue weighted by atomic mass is 32.2. The van der Waals surface area contributed by atoms with Crippen molar-refractivity contribution in [2.45, 2.75) is 18.7 Å². The first-order chi connectivity index (χ1) is 7.65. The van der Waals surface area contributed by atoms with Gasteiger partial charge in [-0.05, 0) is 30.9 Å². The molecule has 0 aliphatic carbocycles. The van der Waals surface area contributed by atoms with Crippen LogP contribution < -0.4 is 5.32 Å². The van der Waals surface area contributed by atoms with Gasteiger partial charge in [-0.1, -0.05) is 6.92 Å². The summed E-state index contributed by atoms with van der Waals surface area (Å²) in [7, 11) is 1.80. The Morgan fingerprint density at radius 2 is 2.00 bits per heavy atom. The molecule has 0 aromatic heterocycles. The molecule has 0 saturated heterocycles. The Labute approximate surface area is 98.6 Å². The van der Waals surface area contributed by atoms with Gasteiger partial charge in [-0.15, -0.1) is 0 Å². The lowest BCUT2D eigenvalue weighted by Crippen LogP contribution is -2.25. The zero-order chi connectivity index (χ0) is 11.7. The van der Waals surface area contributed by atoms with E-state index in [1.807, 2.05) is 0 Å².